The second-order valence-electron chi connectivity index (χ2n) is 4.26. The highest BCUT2D eigenvalue weighted by Gasteiger charge is 1.97. The summed E-state index contributed by atoms with van der Waals surface area (Å²) < 4.78 is 0. The van der Waals surface area contributed by atoms with Crippen molar-refractivity contribution in [1.29, 1.82) is 0 Å². The molecule has 0 aromatic carbocycles. The fraction of sp³-hybridized carbons (Fsp3) is 0.667. The van der Waals surface area contributed by atoms with Crippen molar-refractivity contribution >= 4 is 11.6 Å². The maximum atomic E-state index is 4.18. The summed E-state index contributed by atoms with van der Waals surface area (Å²) in [4.78, 5) is 10.5. The molecule has 0 fully saturated rings. The Labute approximate surface area is 104 Å². The van der Waals surface area contributed by atoms with Crippen molar-refractivity contribution in [2.45, 2.75) is 19.8 Å². The normalized spacial score (nSPS) is 10.6. The number of nitrogens with one attached hydrogen (secondary N) is 2. The monoisotopic (exact) mass is 237 g/mol. The van der Waals surface area contributed by atoms with E-state index in [2.05, 4.69) is 46.5 Å². The van der Waals surface area contributed by atoms with Crippen molar-refractivity contribution in [3.8, 4) is 0 Å². The van der Waals surface area contributed by atoms with Gasteiger partial charge in [-0.25, -0.2) is 9.97 Å². The summed E-state index contributed by atoms with van der Waals surface area (Å²) >= 11 is 0. The molecule has 1 heterocycles. The lowest BCUT2D eigenvalue weighted by atomic mass is 10.3. The van der Waals surface area contributed by atoms with Crippen molar-refractivity contribution < 1.29 is 0 Å². The van der Waals surface area contributed by atoms with E-state index in [0.29, 0.717) is 0 Å². The summed E-state index contributed by atoms with van der Waals surface area (Å²) in [5.74, 6) is 1.76. The molecule has 0 bridgehead atoms. The first-order valence-electron chi connectivity index (χ1n) is 6.17. The third-order valence-electron chi connectivity index (χ3n) is 2.36. The fourth-order valence-electron chi connectivity index (χ4n) is 1.50. The molecule has 0 spiro atoms. The van der Waals surface area contributed by atoms with Crippen LogP contribution in [0, 0.1) is 0 Å². The van der Waals surface area contributed by atoms with Crippen molar-refractivity contribution in [2.24, 2.45) is 0 Å². The molecule has 0 atom stereocenters. The van der Waals surface area contributed by atoms with Gasteiger partial charge in [0.1, 0.15) is 18.0 Å². The molecule has 1 aromatic rings. The molecule has 5 heteroatoms. The van der Waals surface area contributed by atoms with E-state index >= 15 is 0 Å². The van der Waals surface area contributed by atoms with Gasteiger partial charge in [0, 0.05) is 19.2 Å². The smallest absolute Gasteiger partial charge is 0.131 e. The molecule has 5 nitrogen and oxygen atoms in total. The summed E-state index contributed by atoms with van der Waals surface area (Å²) in [5, 5.41) is 6.47. The molecule has 0 unspecified atom stereocenters. The van der Waals surface area contributed by atoms with Gasteiger partial charge in [0.15, 0.2) is 0 Å². The van der Waals surface area contributed by atoms with Crippen LogP contribution < -0.4 is 10.6 Å². The average molecular weight is 237 g/mol. The lowest BCUT2D eigenvalue weighted by Crippen LogP contribution is -2.14. The number of anilines is 2. The highest BCUT2D eigenvalue weighted by Crippen LogP contribution is 2.08. The fourth-order valence-corrected chi connectivity index (χ4v) is 1.50. The summed E-state index contributed by atoms with van der Waals surface area (Å²) in [6.45, 7) is 5.01. The maximum Gasteiger partial charge on any atom is 0.131 e. The first kappa shape index (κ1) is 13.7. The Hall–Kier alpha value is -1.36. The third kappa shape index (κ3) is 6.06. The topological polar surface area (TPSA) is 53.1 Å². The minimum absolute atomic E-state index is 0.873. The molecule has 0 radical (unpaired) electrons. The predicted molar refractivity (Wildman–Crippen MR) is 72.5 cm³/mol. The van der Waals surface area contributed by atoms with Crippen LogP contribution >= 0.6 is 0 Å². The third-order valence-corrected chi connectivity index (χ3v) is 2.36. The second-order valence-corrected chi connectivity index (χ2v) is 4.26. The van der Waals surface area contributed by atoms with Gasteiger partial charge in [0.05, 0.1) is 0 Å². The van der Waals surface area contributed by atoms with Crippen LogP contribution in [0.1, 0.15) is 19.8 Å². The van der Waals surface area contributed by atoms with Crippen LogP contribution in [0.5, 0.6) is 0 Å². The van der Waals surface area contributed by atoms with Crippen LogP contribution in [0.4, 0.5) is 11.6 Å². The lowest BCUT2D eigenvalue weighted by Gasteiger charge is -2.10. The minimum atomic E-state index is 0.873. The zero-order valence-corrected chi connectivity index (χ0v) is 11.0. The van der Waals surface area contributed by atoms with Crippen molar-refractivity contribution in [3.05, 3.63) is 12.4 Å². The summed E-state index contributed by atoms with van der Waals surface area (Å²) in [6.07, 6.45) is 3.93. The first-order valence-corrected chi connectivity index (χ1v) is 6.17. The van der Waals surface area contributed by atoms with Crippen molar-refractivity contribution in [2.75, 3.05) is 44.4 Å². The van der Waals surface area contributed by atoms with Crippen LogP contribution in [0.25, 0.3) is 0 Å². The number of rotatable bonds is 8. The van der Waals surface area contributed by atoms with E-state index in [-0.39, 0.29) is 0 Å². The van der Waals surface area contributed by atoms with Gasteiger partial charge >= 0.3 is 0 Å². The Kier molecular flexibility index (Phi) is 6.32. The first-order chi connectivity index (χ1) is 8.22. The van der Waals surface area contributed by atoms with Gasteiger partial charge in [0.25, 0.3) is 0 Å². The number of hydrogen-bond donors (Lipinski definition) is 2. The quantitative estimate of drug-likeness (QED) is 0.674. The molecule has 0 aliphatic carbocycles. The van der Waals surface area contributed by atoms with Crippen LogP contribution in [0.2, 0.25) is 0 Å². The Balaban J connectivity index is 2.24. The molecule has 96 valence electrons. The average Bonchev–Trinajstić information content (AvgIpc) is 2.29. The summed E-state index contributed by atoms with van der Waals surface area (Å²) in [5.41, 5.74) is 0. The molecule has 1 rings (SSSR count). The molecule has 0 amide bonds. The lowest BCUT2D eigenvalue weighted by molar-refractivity contribution is 0.396. The zero-order chi connectivity index (χ0) is 12.5. The van der Waals surface area contributed by atoms with Gasteiger partial charge in [0.2, 0.25) is 0 Å². The Morgan fingerprint density at radius 1 is 1.12 bits per heavy atom. The summed E-state index contributed by atoms with van der Waals surface area (Å²) in [6, 6.07) is 1.94. The molecular weight excluding hydrogens is 214 g/mol. The van der Waals surface area contributed by atoms with Gasteiger partial charge in [-0.05, 0) is 40.4 Å². The van der Waals surface area contributed by atoms with Gasteiger partial charge in [-0.2, -0.15) is 0 Å². The predicted octanol–water partition coefficient (Wildman–Crippen LogP) is 1.66. The molecule has 0 aliphatic heterocycles. The number of aromatic nitrogens is 2. The van der Waals surface area contributed by atoms with Gasteiger partial charge in [-0.1, -0.05) is 0 Å². The zero-order valence-electron chi connectivity index (χ0n) is 11.0. The molecule has 0 saturated carbocycles. The number of unbranched alkanes of at least 4 members (excludes halogenated alkanes) is 1. The Morgan fingerprint density at radius 2 is 1.82 bits per heavy atom. The summed E-state index contributed by atoms with van der Waals surface area (Å²) in [7, 11) is 4.20. The molecule has 0 aliphatic rings. The van der Waals surface area contributed by atoms with E-state index in [1.54, 1.807) is 6.33 Å². The maximum absolute atomic E-state index is 4.18. The van der Waals surface area contributed by atoms with Gasteiger partial charge < -0.3 is 15.5 Å². The van der Waals surface area contributed by atoms with E-state index < -0.39 is 0 Å². The second kappa shape index (κ2) is 7.84. The van der Waals surface area contributed by atoms with E-state index in [1.165, 1.54) is 6.42 Å². The van der Waals surface area contributed by atoms with E-state index in [0.717, 1.165) is 37.7 Å². The standard InChI is InChI=1S/C12H23N5/c1-4-13-11-9-12(16-10-15-11)14-7-5-6-8-17(2)3/h9-10H,4-8H2,1-3H3,(H2,13,14,15,16). The number of hydrogen-bond acceptors (Lipinski definition) is 5. The molecule has 2 N–H and O–H groups in total. The van der Waals surface area contributed by atoms with Gasteiger partial charge in [-0.15, -0.1) is 0 Å². The highest BCUT2D eigenvalue weighted by atomic mass is 15.1. The van der Waals surface area contributed by atoms with E-state index in [9.17, 15) is 0 Å². The minimum Gasteiger partial charge on any atom is -0.370 e. The van der Waals surface area contributed by atoms with Crippen LogP contribution in [0.15, 0.2) is 12.4 Å². The van der Waals surface area contributed by atoms with Crippen LogP contribution in [-0.2, 0) is 0 Å². The van der Waals surface area contributed by atoms with Crippen molar-refractivity contribution in [1.82, 2.24) is 14.9 Å². The SMILES string of the molecule is CCNc1cc(NCCCCN(C)C)ncn1. The molecule has 1 aromatic heterocycles. The van der Waals surface area contributed by atoms with Crippen LogP contribution in [0.3, 0.4) is 0 Å². The Bertz CT molecular complexity index is 314. The number of nitrogens with zero attached hydrogens (tertiary/aromatic N) is 3. The van der Waals surface area contributed by atoms with Gasteiger partial charge in [-0.3, -0.25) is 0 Å². The largest absolute Gasteiger partial charge is 0.370 e. The molecule has 0 saturated heterocycles. The van der Waals surface area contributed by atoms with E-state index in [4.69, 9.17) is 0 Å². The van der Waals surface area contributed by atoms with Crippen LogP contribution in [-0.4, -0.2) is 48.6 Å². The highest BCUT2D eigenvalue weighted by molar-refractivity contribution is 5.46. The molecular formula is C12H23N5. The Morgan fingerprint density at radius 3 is 2.47 bits per heavy atom. The van der Waals surface area contributed by atoms with Crippen molar-refractivity contribution in [3.63, 3.8) is 0 Å². The van der Waals surface area contributed by atoms with E-state index in [1.807, 2.05) is 6.07 Å². The molecule has 17 heavy (non-hydrogen) atoms.